The Hall–Kier alpha value is -1.54. The Morgan fingerprint density at radius 3 is 2.75 bits per heavy atom. The van der Waals surface area contributed by atoms with Gasteiger partial charge < -0.3 is 4.74 Å². The van der Waals surface area contributed by atoms with Gasteiger partial charge in [0.15, 0.2) is 0 Å². The summed E-state index contributed by atoms with van der Waals surface area (Å²) in [6.45, 7) is 0. The Morgan fingerprint density at radius 1 is 1.25 bits per heavy atom. The molecule has 0 spiro atoms. The molecule has 81 valence electrons. The van der Waals surface area contributed by atoms with E-state index < -0.39 is 5.82 Å². The number of halogens is 2. The second kappa shape index (κ2) is 4.54. The maximum atomic E-state index is 13.5. The quantitative estimate of drug-likeness (QED) is 0.766. The van der Waals surface area contributed by atoms with Gasteiger partial charge in [-0.2, -0.15) is 0 Å². The van der Waals surface area contributed by atoms with Crippen LogP contribution in [0.15, 0.2) is 36.4 Å². The van der Waals surface area contributed by atoms with Gasteiger partial charge in [0.25, 0.3) is 0 Å². The van der Waals surface area contributed by atoms with Gasteiger partial charge in [-0.3, -0.25) is 0 Å². The zero-order valence-electron chi connectivity index (χ0n) is 8.63. The molecular formula is C13H9ClFO. The van der Waals surface area contributed by atoms with Crippen LogP contribution in [0, 0.1) is 11.9 Å². The molecule has 16 heavy (non-hydrogen) atoms. The molecule has 0 heterocycles. The van der Waals surface area contributed by atoms with Crippen LogP contribution >= 0.6 is 11.6 Å². The highest BCUT2D eigenvalue weighted by Crippen LogP contribution is 2.32. The van der Waals surface area contributed by atoms with Crippen molar-refractivity contribution in [3.8, 4) is 16.9 Å². The Kier molecular flexibility index (Phi) is 3.11. The minimum Gasteiger partial charge on any atom is -0.497 e. The molecule has 0 atom stereocenters. The van der Waals surface area contributed by atoms with Crippen LogP contribution < -0.4 is 4.74 Å². The topological polar surface area (TPSA) is 9.23 Å². The third kappa shape index (κ3) is 2.02. The van der Waals surface area contributed by atoms with E-state index in [1.165, 1.54) is 6.07 Å². The lowest BCUT2D eigenvalue weighted by Crippen LogP contribution is -1.88. The molecule has 1 nitrogen and oxygen atoms in total. The number of hydrogen-bond donors (Lipinski definition) is 0. The lowest BCUT2D eigenvalue weighted by molar-refractivity contribution is 0.415. The van der Waals surface area contributed by atoms with Gasteiger partial charge in [0.05, 0.1) is 7.11 Å². The van der Waals surface area contributed by atoms with Gasteiger partial charge in [-0.15, -0.1) is 0 Å². The molecule has 0 aliphatic carbocycles. The van der Waals surface area contributed by atoms with Gasteiger partial charge >= 0.3 is 0 Å². The Labute approximate surface area is 98.4 Å². The monoisotopic (exact) mass is 235 g/mol. The molecular weight excluding hydrogens is 227 g/mol. The van der Waals surface area contributed by atoms with Crippen LogP contribution in [0.4, 0.5) is 4.39 Å². The normalized spacial score (nSPS) is 10.2. The van der Waals surface area contributed by atoms with Crippen molar-refractivity contribution in [2.45, 2.75) is 0 Å². The number of rotatable bonds is 2. The van der Waals surface area contributed by atoms with Crippen molar-refractivity contribution >= 4 is 11.6 Å². The Balaban J connectivity index is 2.59. The Bertz CT molecular complexity index is 511. The van der Waals surface area contributed by atoms with Gasteiger partial charge in [-0.05, 0) is 18.2 Å². The summed E-state index contributed by atoms with van der Waals surface area (Å²) in [6, 6.07) is 12.5. The molecule has 2 rings (SSSR count). The minimum absolute atomic E-state index is 0.419. The number of ether oxygens (including phenoxy) is 1. The van der Waals surface area contributed by atoms with Gasteiger partial charge in [0, 0.05) is 22.2 Å². The lowest BCUT2D eigenvalue weighted by atomic mass is 10.0. The summed E-state index contributed by atoms with van der Waals surface area (Å²) in [7, 11) is 1.56. The van der Waals surface area contributed by atoms with Crippen LogP contribution in [-0.4, -0.2) is 7.11 Å². The minimum atomic E-state index is -0.419. The fraction of sp³-hybridized carbons (Fsp3) is 0.0769. The van der Waals surface area contributed by atoms with Crippen LogP contribution in [-0.2, 0) is 0 Å². The second-order valence-corrected chi connectivity index (χ2v) is 3.65. The van der Waals surface area contributed by atoms with Crippen LogP contribution in [0.5, 0.6) is 5.75 Å². The van der Waals surface area contributed by atoms with E-state index in [2.05, 4.69) is 6.07 Å². The van der Waals surface area contributed by atoms with Crippen LogP contribution in [0.1, 0.15) is 0 Å². The molecule has 0 N–H and O–H groups in total. The summed E-state index contributed by atoms with van der Waals surface area (Å²) < 4.78 is 18.6. The fourth-order valence-corrected chi connectivity index (χ4v) is 1.68. The van der Waals surface area contributed by atoms with Crippen LogP contribution in [0.2, 0.25) is 5.02 Å². The first-order valence-electron chi connectivity index (χ1n) is 4.72. The molecule has 0 amide bonds. The highest BCUT2D eigenvalue weighted by Gasteiger charge is 2.09. The first-order valence-corrected chi connectivity index (χ1v) is 5.10. The van der Waals surface area contributed by atoms with Crippen LogP contribution in [0.3, 0.4) is 0 Å². The maximum absolute atomic E-state index is 13.5. The summed E-state index contributed by atoms with van der Waals surface area (Å²) >= 11 is 6.02. The molecule has 1 radical (unpaired) electrons. The smallest absolute Gasteiger partial charge is 0.139 e. The van der Waals surface area contributed by atoms with E-state index in [1.54, 1.807) is 37.4 Å². The first kappa shape index (κ1) is 11.0. The molecule has 0 unspecified atom stereocenters. The van der Waals surface area contributed by atoms with E-state index in [4.69, 9.17) is 16.3 Å². The molecule has 3 heteroatoms. The van der Waals surface area contributed by atoms with Crippen molar-refractivity contribution in [1.29, 1.82) is 0 Å². The van der Waals surface area contributed by atoms with Crippen molar-refractivity contribution in [1.82, 2.24) is 0 Å². The van der Waals surface area contributed by atoms with Crippen molar-refractivity contribution < 1.29 is 9.13 Å². The summed E-state index contributed by atoms with van der Waals surface area (Å²) in [4.78, 5) is 0. The fourth-order valence-electron chi connectivity index (χ4n) is 1.46. The van der Waals surface area contributed by atoms with E-state index in [0.29, 0.717) is 21.9 Å². The van der Waals surface area contributed by atoms with E-state index in [0.717, 1.165) is 0 Å². The summed E-state index contributed by atoms with van der Waals surface area (Å²) in [5.74, 6) is 0.223. The molecule has 0 fully saturated rings. The summed E-state index contributed by atoms with van der Waals surface area (Å²) in [5, 5.41) is 0.485. The Morgan fingerprint density at radius 2 is 2.06 bits per heavy atom. The molecule has 0 aromatic heterocycles. The lowest BCUT2D eigenvalue weighted by Gasteiger charge is -2.07. The second-order valence-electron chi connectivity index (χ2n) is 3.24. The first-order chi connectivity index (χ1) is 7.72. The SMILES string of the molecule is COc1ccc(Cl)c(-c2ccc[c]c2F)c1. The largest absolute Gasteiger partial charge is 0.497 e. The molecule has 0 bridgehead atoms. The number of methoxy groups -OCH3 is 1. The van der Waals surface area contributed by atoms with Gasteiger partial charge in [0.1, 0.15) is 11.6 Å². The molecule has 0 saturated heterocycles. The average molecular weight is 236 g/mol. The van der Waals surface area contributed by atoms with E-state index >= 15 is 0 Å². The van der Waals surface area contributed by atoms with Gasteiger partial charge in [-0.1, -0.05) is 29.8 Å². The van der Waals surface area contributed by atoms with E-state index in [1.807, 2.05) is 0 Å². The molecule has 0 aliphatic heterocycles. The van der Waals surface area contributed by atoms with E-state index in [9.17, 15) is 4.39 Å². The zero-order chi connectivity index (χ0) is 11.5. The van der Waals surface area contributed by atoms with Crippen molar-refractivity contribution in [2.75, 3.05) is 7.11 Å². The van der Waals surface area contributed by atoms with Gasteiger partial charge in [0.2, 0.25) is 0 Å². The van der Waals surface area contributed by atoms with Crippen LogP contribution in [0.25, 0.3) is 11.1 Å². The van der Waals surface area contributed by atoms with Crippen molar-refractivity contribution in [3.05, 3.63) is 53.3 Å². The van der Waals surface area contributed by atoms with Crippen molar-refractivity contribution in [2.24, 2.45) is 0 Å². The third-order valence-electron chi connectivity index (χ3n) is 2.27. The molecule has 0 aliphatic rings. The van der Waals surface area contributed by atoms with Crippen molar-refractivity contribution in [3.63, 3.8) is 0 Å². The molecule has 0 saturated carbocycles. The summed E-state index contributed by atoms with van der Waals surface area (Å²) in [5.41, 5.74) is 1.03. The highest BCUT2D eigenvalue weighted by atomic mass is 35.5. The average Bonchev–Trinajstić information content (AvgIpc) is 2.31. The number of benzene rings is 2. The summed E-state index contributed by atoms with van der Waals surface area (Å²) in [6.07, 6.45) is 0. The standard InChI is InChI=1S/C13H9ClFO/c1-16-9-6-7-12(14)11(8-9)10-4-2-3-5-13(10)15/h2-4,6-8H,1H3. The number of hydrogen-bond acceptors (Lipinski definition) is 1. The maximum Gasteiger partial charge on any atom is 0.139 e. The van der Waals surface area contributed by atoms with E-state index in [-0.39, 0.29) is 0 Å². The highest BCUT2D eigenvalue weighted by molar-refractivity contribution is 6.33. The third-order valence-corrected chi connectivity index (χ3v) is 2.60. The molecule has 2 aromatic carbocycles. The zero-order valence-corrected chi connectivity index (χ0v) is 9.38. The van der Waals surface area contributed by atoms with Gasteiger partial charge in [-0.25, -0.2) is 4.39 Å². The predicted octanol–water partition coefficient (Wildman–Crippen LogP) is 3.95. The molecule has 2 aromatic rings. The predicted molar refractivity (Wildman–Crippen MR) is 62.2 cm³/mol.